The highest BCUT2D eigenvalue weighted by Gasteiger charge is 2.16. The summed E-state index contributed by atoms with van der Waals surface area (Å²) in [6.45, 7) is 0.665. The Bertz CT molecular complexity index is 314. The molecule has 2 nitrogen and oxygen atoms in total. The first-order chi connectivity index (χ1) is 6.27. The Balaban J connectivity index is 2.39. The van der Waals surface area contributed by atoms with Gasteiger partial charge in [-0.1, -0.05) is 23.7 Å². The number of fused-ring (bicyclic) bond motifs is 1. The molecule has 1 atom stereocenters. The molecule has 70 valence electrons. The Hall–Kier alpha value is -0.730. The van der Waals surface area contributed by atoms with Crippen molar-refractivity contribution in [2.24, 2.45) is 5.73 Å². The van der Waals surface area contributed by atoms with Crippen molar-refractivity contribution in [3.05, 3.63) is 28.8 Å². The maximum atomic E-state index is 6.00. The third kappa shape index (κ3) is 1.79. The van der Waals surface area contributed by atoms with Crippen LogP contribution in [0.2, 0.25) is 5.02 Å². The normalized spacial score (nSPS) is 21.5. The minimum atomic E-state index is 0.194. The molecule has 0 bridgehead atoms. The summed E-state index contributed by atoms with van der Waals surface area (Å²) >= 11 is 6.00. The highest BCUT2D eigenvalue weighted by atomic mass is 35.5. The van der Waals surface area contributed by atoms with E-state index in [-0.39, 0.29) is 6.04 Å². The SMILES string of the molecule is NC1CCOc2c(Cl)cccc2C1. The van der Waals surface area contributed by atoms with Crippen LogP contribution in [-0.4, -0.2) is 12.6 Å². The predicted octanol–water partition coefficient (Wildman–Crippen LogP) is 1.99. The quantitative estimate of drug-likeness (QED) is 0.691. The van der Waals surface area contributed by atoms with Crippen LogP contribution in [0, 0.1) is 0 Å². The first kappa shape index (κ1) is 8.85. The van der Waals surface area contributed by atoms with E-state index in [1.807, 2.05) is 18.2 Å². The van der Waals surface area contributed by atoms with Gasteiger partial charge in [-0.25, -0.2) is 0 Å². The molecule has 0 amide bonds. The fraction of sp³-hybridized carbons (Fsp3) is 0.400. The van der Waals surface area contributed by atoms with Gasteiger partial charge in [0.25, 0.3) is 0 Å². The minimum absolute atomic E-state index is 0.194. The van der Waals surface area contributed by atoms with Crippen LogP contribution < -0.4 is 10.5 Å². The van der Waals surface area contributed by atoms with E-state index in [0.29, 0.717) is 11.6 Å². The number of hydrogen-bond acceptors (Lipinski definition) is 2. The number of rotatable bonds is 0. The molecular weight excluding hydrogens is 186 g/mol. The summed E-state index contributed by atoms with van der Waals surface area (Å²) in [7, 11) is 0. The first-order valence-corrected chi connectivity index (χ1v) is 4.81. The second-order valence-corrected chi connectivity index (χ2v) is 3.74. The second-order valence-electron chi connectivity index (χ2n) is 3.33. The highest BCUT2D eigenvalue weighted by Crippen LogP contribution is 2.31. The second kappa shape index (κ2) is 3.56. The zero-order valence-corrected chi connectivity index (χ0v) is 8.05. The molecule has 1 aromatic carbocycles. The highest BCUT2D eigenvalue weighted by molar-refractivity contribution is 6.32. The summed E-state index contributed by atoms with van der Waals surface area (Å²) in [6, 6.07) is 5.99. The molecule has 0 aliphatic carbocycles. The van der Waals surface area contributed by atoms with Crippen LogP contribution in [0.1, 0.15) is 12.0 Å². The van der Waals surface area contributed by atoms with Gasteiger partial charge in [-0.2, -0.15) is 0 Å². The van der Waals surface area contributed by atoms with Crippen LogP contribution in [0.4, 0.5) is 0 Å². The van der Waals surface area contributed by atoms with Gasteiger partial charge < -0.3 is 10.5 Å². The van der Waals surface area contributed by atoms with Crippen molar-refractivity contribution in [2.45, 2.75) is 18.9 Å². The lowest BCUT2D eigenvalue weighted by molar-refractivity contribution is 0.310. The zero-order valence-electron chi connectivity index (χ0n) is 7.29. The third-order valence-corrected chi connectivity index (χ3v) is 2.56. The summed E-state index contributed by atoms with van der Waals surface area (Å²) in [6.07, 6.45) is 1.75. The number of para-hydroxylation sites is 1. The predicted molar refractivity (Wildman–Crippen MR) is 53.2 cm³/mol. The summed E-state index contributed by atoms with van der Waals surface area (Å²) in [5, 5.41) is 0.687. The Morgan fingerprint density at radius 3 is 3.15 bits per heavy atom. The van der Waals surface area contributed by atoms with Gasteiger partial charge in [0.05, 0.1) is 11.6 Å². The van der Waals surface area contributed by atoms with Crippen LogP contribution >= 0.6 is 11.6 Å². The van der Waals surface area contributed by atoms with Crippen molar-refractivity contribution >= 4 is 11.6 Å². The van der Waals surface area contributed by atoms with E-state index < -0.39 is 0 Å². The van der Waals surface area contributed by atoms with Gasteiger partial charge in [-0.3, -0.25) is 0 Å². The first-order valence-electron chi connectivity index (χ1n) is 4.43. The molecule has 0 radical (unpaired) electrons. The van der Waals surface area contributed by atoms with Gasteiger partial charge in [0.15, 0.2) is 0 Å². The molecule has 13 heavy (non-hydrogen) atoms. The molecule has 2 rings (SSSR count). The number of benzene rings is 1. The number of nitrogens with two attached hydrogens (primary N) is 1. The topological polar surface area (TPSA) is 35.2 Å². The Morgan fingerprint density at radius 2 is 2.31 bits per heavy atom. The van der Waals surface area contributed by atoms with Crippen molar-refractivity contribution in [3.63, 3.8) is 0 Å². The van der Waals surface area contributed by atoms with E-state index in [4.69, 9.17) is 22.1 Å². The number of halogens is 1. The van der Waals surface area contributed by atoms with Crippen molar-refractivity contribution in [1.82, 2.24) is 0 Å². The van der Waals surface area contributed by atoms with Crippen LogP contribution in [-0.2, 0) is 6.42 Å². The molecule has 1 heterocycles. The van der Waals surface area contributed by atoms with E-state index in [2.05, 4.69) is 0 Å². The number of ether oxygens (including phenoxy) is 1. The van der Waals surface area contributed by atoms with E-state index >= 15 is 0 Å². The molecule has 0 saturated carbocycles. The Labute approximate surface area is 82.6 Å². The monoisotopic (exact) mass is 197 g/mol. The van der Waals surface area contributed by atoms with Gasteiger partial charge in [0, 0.05) is 6.04 Å². The van der Waals surface area contributed by atoms with Crippen molar-refractivity contribution < 1.29 is 4.74 Å². The molecular formula is C10H12ClNO. The maximum Gasteiger partial charge on any atom is 0.141 e. The van der Waals surface area contributed by atoms with Crippen molar-refractivity contribution in [2.75, 3.05) is 6.61 Å². The Kier molecular flexibility index (Phi) is 2.42. The lowest BCUT2D eigenvalue weighted by Crippen LogP contribution is -2.22. The molecule has 2 N–H and O–H groups in total. The lowest BCUT2D eigenvalue weighted by atomic mass is 10.1. The molecule has 1 aromatic rings. The van der Waals surface area contributed by atoms with Crippen molar-refractivity contribution in [3.8, 4) is 5.75 Å². The average Bonchev–Trinajstić information content (AvgIpc) is 2.27. The fourth-order valence-corrected chi connectivity index (χ4v) is 1.82. The molecule has 1 unspecified atom stereocenters. The van der Waals surface area contributed by atoms with Gasteiger partial charge in [-0.05, 0) is 24.5 Å². The largest absolute Gasteiger partial charge is 0.492 e. The molecule has 1 aliphatic heterocycles. The van der Waals surface area contributed by atoms with Crippen LogP contribution in [0.5, 0.6) is 5.75 Å². The van der Waals surface area contributed by atoms with E-state index in [1.165, 1.54) is 0 Å². The summed E-state index contributed by atoms with van der Waals surface area (Å²) in [5.41, 5.74) is 7.00. The van der Waals surface area contributed by atoms with Crippen molar-refractivity contribution in [1.29, 1.82) is 0 Å². The number of hydrogen-bond donors (Lipinski definition) is 1. The summed E-state index contributed by atoms with van der Waals surface area (Å²) in [5.74, 6) is 0.817. The third-order valence-electron chi connectivity index (χ3n) is 2.27. The lowest BCUT2D eigenvalue weighted by Gasteiger charge is -2.08. The summed E-state index contributed by atoms with van der Waals surface area (Å²) in [4.78, 5) is 0. The van der Waals surface area contributed by atoms with E-state index in [0.717, 1.165) is 24.2 Å². The maximum absolute atomic E-state index is 6.00. The van der Waals surface area contributed by atoms with Gasteiger partial charge in [0.2, 0.25) is 0 Å². The molecule has 0 aromatic heterocycles. The molecule has 0 saturated heterocycles. The van der Waals surface area contributed by atoms with E-state index in [1.54, 1.807) is 0 Å². The minimum Gasteiger partial charge on any atom is -0.492 e. The van der Waals surface area contributed by atoms with Gasteiger partial charge in [0.1, 0.15) is 5.75 Å². The van der Waals surface area contributed by atoms with E-state index in [9.17, 15) is 0 Å². The standard InChI is InChI=1S/C10H12ClNO/c11-9-3-1-2-7-6-8(12)4-5-13-10(7)9/h1-3,8H,4-6,12H2. The molecule has 1 aliphatic rings. The molecule has 0 spiro atoms. The molecule has 0 fully saturated rings. The summed E-state index contributed by atoms with van der Waals surface area (Å²) < 4.78 is 5.54. The van der Waals surface area contributed by atoms with Crippen LogP contribution in [0.3, 0.4) is 0 Å². The zero-order chi connectivity index (χ0) is 9.26. The van der Waals surface area contributed by atoms with Crippen LogP contribution in [0.25, 0.3) is 0 Å². The fourth-order valence-electron chi connectivity index (χ4n) is 1.57. The Morgan fingerprint density at radius 1 is 1.46 bits per heavy atom. The average molecular weight is 198 g/mol. The molecule has 3 heteroatoms. The smallest absolute Gasteiger partial charge is 0.141 e. The van der Waals surface area contributed by atoms with Crippen LogP contribution in [0.15, 0.2) is 18.2 Å². The van der Waals surface area contributed by atoms with Gasteiger partial charge in [-0.15, -0.1) is 0 Å². The van der Waals surface area contributed by atoms with Gasteiger partial charge >= 0.3 is 0 Å².